The van der Waals surface area contributed by atoms with Crippen LogP contribution in [0.4, 0.5) is 5.82 Å². The Morgan fingerprint density at radius 3 is 3.10 bits per heavy atom. The first-order valence-electron chi connectivity index (χ1n) is 7.57. The minimum absolute atomic E-state index is 0.0172. The van der Waals surface area contributed by atoms with E-state index >= 15 is 0 Å². The Morgan fingerprint density at radius 2 is 2.24 bits per heavy atom. The second kappa shape index (κ2) is 4.84. The summed E-state index contributed by atoms with van der Waals surface area (Å²) in [4.78, 5) is 19.1. The van der Waals surface area contributed by atoms with E-state index in [1.54, 1.807) is 16.7 Å². The Hall–Kier alpha value is -1.88. The fourth-order valence-corrected chi connectivity index (χ4v) is 3.57. The van der Waals surface area contributed by atoms with E-state index in [2.05, 4.69) is 9.88 Å². The second-order valence-corrected chi connectivity index (χ2v) is 6.21. The van der Waals surface area contributed by atoms with Crippen LogP contribution in [-0.4, -0.2) is 35.7 Å². The van der Waals surface area contributed by atoms with Gasteiger partial charge in [0.25, 0.3) is 5.56 Å². The zero-order chi connectivity index (χ0) is 14.3. The number of rotatable bonds is 1. The predicted octanol–water partition coefficient (Wildman–Crippen LogP) is 1.70. The molecule has 2 saturated heterocycles. The Balaban J connectivity index is 1.67. The molecule has 1 unspecified atom stereocenters. The van der Waals surface area contributed by atoms with Gasteiger partial charge in [-0.1, -0.05) is 6.07 Å². The van der Waals surface area contributed by atoms with Gasteiger partial charge in [0.15, 0.2) is 0 Å². The lowest BCUT2D eigenvalue weighted by Gasteiger charge is -2.33. The van der Waals surface area contributed by atoms with Crippen molar-refractivity contribution in [1.29, 1.82) is 0 Å². The molecule has 2 aromatic heterocycles. The zero-order valence-electron chi connectivity index (χ0n) is 12.0. The molecule has 5 nitrogen and oxygen atoms in total. The summed E-state index contributed by atoms with van der Waals surface area (Å²) in [5.74, 6) is 0.800. The van der Waals surface area contributed by atoms with Gasteiger partial charge in [0.2, 0.25) is 0 Å². The fourth-order valence-electron chi connectivity index (χ4n) is 3.57. The third-order valence-electron chi connectivity index (χ3n) is 4.72. The van der Waals surface area contributed by atoms with Crippen LogP contribution in [0.1, 0.15) is 19.3 Å². The van der Waals surface area contributed by atoms with E-state index in [1.165, 1.54) is 6.42 Å². The largest absolute Gasteiger partial charge is 0.381 e. The number of hydrogen-bond acceptors (Lipinski definition) is 4. The molecule has 5 heteroatoms. The molecule has 2 aromatic rings. The molecule has 0 aliphatic carbocycles. The number of nitrogens with zero attached hydrogens (tertiary/aromatic N) is 3. The molecular formula is C16H19N3O2. The standard InChI is InChI=1S/C16H19N3O2/c20-15-10-14(17-13-4-1-2-7-19(13)15)18-8-6-16(11-18)5-3-9-21-12-16/h1-2,4,7,10H,3,5-6,8-9,11-12H2. The number of anilines is 1. The molecule has 1 atom stereocenters. The van der Waals surface area contributed by atoms with Crippen LogP contribution in [0.3, 0.4) is 0 Å². The normalized spacial score (nSPS) is 25.8. The van der Waals surface area contributed by atoms with E-state index in [0.29, 0.717) is 5.65 Å². The summed E-state index contributed by atoms with van der Waals surface area (Å²) in [6.45, 7) is 3.63. The topological polar surface area (TPSA) is 46.8 Å². The van der Waals surface area contributed by atoms with Crippen LogP contribution < -0.4 is 10.5 Å². The summed E-state index contributed by atoms with van der Waals surface area (Å²) >= 11 is 0. The van der Waals surface area contributed by atoms with Gasteiger partial charge in [0, 0.05) is 37.4 Å². The first-order chi connectivity index (χ1) is 10.3. The minimum Gasteiger partial charge on any atom is -0.381 e. The molecule has 2 fully saturated rings. The van der Waals surface area contributed by atoms with Gasteiger partial charge in [-0.25, -0.2) is 4.98 Å². The van der Waals surface area contributed by atoms with Crippen LogP contribution in [0, 0.1) is 5.41 Å². The molecule has 0 amide bonds. The first-order valence-corrected chi connectivity index (χ1v) is 7.57. The average Bonchev–Trinajstić information content (AvgIpc) is 2.92. The molecule has 2 aliphatic heterocycles. The summed E-state index contributed by atoms with van der Waals surface area (Å²) in [5.41, 5.74) is 0.958. The highest BCUT2D eigenvalue weighted by atomic mass is 16.5. The van der Waals surface area contributed by atoms with E-state index in [1.807, 2.05) is 18.2 Å². The van der Waals surface area contributed by atoms with Gasteiger partial charge in [-0.3, -0.25) is 9.20 Å². The van der Waals surface area contributed by atoms with Gasteiger partial charge in [-0.15, -0.1) is 0 Å². The molecule has 0 N–H and O–H groups in total. The van der Waals surface area contributed by atoms with Crippen LogP contribution in [0.2, 0.25) is 0 Å². The minimum atomic E-state index is -0.0172. The van der Waals surface area contributed by atoms with E-state index in [-0.39, 0.29) is 11.0 Å². The van der Waals surface area contributed by atoms with Crippen molar-refractivity contribution in [3.63, 3.8) is 0 Å². The van der Waals surface area contributed by atoms with Crippen molar-refractivity contribution >= 4 is 11.5 Å². The lowest BCUT2D eigenvalue weighted by Crippen LogP contribution is -2.35. The molecule has 4 rings (SSSR count). The van der Waals surface area contributed by atoms with Crippen molar-refractivity contribution < 1.29 is 4.74 Å². The molecular weight excluding hydrogens is 266 g/mol. The van der Waals surface area contributed by atoms with Crippen LogP contribution in [0.5, 0.6) is 0 Å². The van der Waals surface area contributed by atoms with Crippen LogP contribution >= 0.6 is 0 Å². The Kier molecular flexibility index (Phi) is 2.96. The predicted molar refractivity (Wildman–Crippen MR) is 80.8 cm³/mol. The number of pyridine rings is 1. The zero-order valence-corrected chi connectivity index (χ0v) is 12.0. The van der Waals surface area contributed by atoms with Crippen molar-refractivity contribution in [1.82, 2.24) is 9.38 Å². The number of aromatic nitrogens is 2. The van der Waals surface area contributed by atoms with E-state index in [4.69, 9.17) is 4.74 Å². The summed E-state index contributed by atoms with van der Waals surface area (Å²) in [5, 5.41) is 0. The summed E-state index contributed by atoms with van der Waals surface area (Å²) in [6, 6.07) is 7.28. The van der Waals surface area contributed by atoms with E-state index in [9.17, 15) is 4.79 Å². The Labute approximate surface area is 123 Å². The van der Waals surface area contributed by atoms with Gasteiger partial charge in [-0.2, -0.15) is 0 Å². The van der Waals surface area contributed by atoms with E-state index in [0.717, 1.165) is 45.0 Å². The van der Waals surface area contributed by atoms with Crippen molar-refractivity contribution in [2.24, 2.45) is 5.41 Å². The quantitative estimate of drug-likeness (QED) is 0.800. The lowest BCUT2D eigenvalue weighted by molar-refractivity contribution is 0.00437. The Bertz CT molecular complexity index is 719. The van der Waals surface area contributed by atoms with E-state index < -0.39 is 0 Å². The highest BCUT2D eigenvalue weighted by Crippen LogP contribution is 2.39. The number of hydrogen-bond donors (Lipinski definition) is 0. The molecule has 1 spiro atoms. The summed E-state index contributed by atoms with van der Waals surface area (Å²) in [7, 11) is 0. The fraction of sp³-hybridized carbons (Fsp3) is 0.500. The van der Waals surface area contributed by atoms with Crippen molar-refractivity contribution in [3.05, 3.63) is 40.8 Å². The van der Waals surface area contributed by atoms with Gasteiger partial charge in [-0.05, 0) is 31.4 Å². The molecule has 0 saturated carbocycles. The molecule has 0 aromatic carbocycles. The third kappa shape index (κ3) is 2.21. The van der Waals surface area contributed by atoms with Crippen molar-refractivity contribution in [3.8, 4) is 0 Å². The maximum atomic E-state index is 12.2. The molecule has 0 bridgehead atoms. The van der Waals surface area contributed by atoms with Gasteiger partial charge >= 0.3 is 0 Å². The molecule has 2 aliphatic rings. The van der Waals surface area contributed by atoms with Crippen LogP contribution in [0.15, 0.2) is 35.3 Å². The molecule has 0 radical (unpaired) electrons. The number of fused-ring (bicyclic) bond motifs is 1. The van der Waals surface area contributed by atoms with Crippen molar-refractivity contribution in [2.75, 3.05) is 31.2 Å². The van der Waals surface area contributed by atoms with Crippen LogP contribution in [0.25, 0.3) is 5.65 Å². The van der Waals surface area contributed by atoms with Gasteiger partial charge in [0.1, 0.15) is 11.5 Å². The van der Waals surface area contributed by atoms with Gasteiger partial charge < -0.3 is 9.64 Å². The third-order valence-corrected chi connectivity index (χ3v) is 4.72. The summed E-state index contributed by atoms with van der Waals surface area (Å²) < 4.78 is 7.25. The SMILES string of the molecule is O=c1cc(N2CCC3(CCCOC3)C2)nc2ccccn12. The maximum absolute atomic E-state index is 12.2. The highest BCUT2D eigenvalue weighted by Gasteiger charge is 2.40. The number of ether oxygens (including phenoxy) is 1. The van der Waals surface area contributed by atoms with Crippen LogP contribution in [-0.2, 0) is 4.74 Å². The van der Waals surface area contributed by atoms with Crippen molar-refractivity contribution in [2.45, 2.75) is 19.3 Å². The Morgan fingerprint density at radius 1 is 1.29 bits per heavy atom. The maximum Gasteiger partial charge on any atom is 0.259 e. The van der Waals surface area contributed by atoms with Gasteiger partial charge in [0.05, 0.1) is 6.61 Å². The average molecular weight is 285 g/mol. The smallest absolute Gasteiger partial charge is 0.259 e. The first kappa shape index (κ1) is 12.8. The molecule has 21 heavy (non-hydrogen) atoms. The lowest BCUT2D eigenvalue weighted by atomic mass is 9.82. The highest BCUT2D eigenvalue weighted by molar-refractivity contribution is 5.49. The molecule has 4 heterocycles. The summed E-state index contributed by atoms with van der Waals surface area (Å²) in [6.07, 6.45) is 5.25. The second-order valence-electron chi connectivity index (χ2n) is 6.21. The molecule has 110 valence electrons. The monoisotopic (exact) mass is 285 g/mol.